The van der Waals surface area contributed by atoms with Crippen molar-refractivity contribution in [3.63, 3.8) is 0 Å². The molecule has 4 fully saturated rings. The first kappa shape index (κ1) is 38.7. The molecule has 2 aromatic heterocycles. The molecule has 4 aliphatic carbocycles. The molecule has 0 amide bonds. The van der Waals surface area contributed by atoms with E-state index in [0.29, 0.717) is 24.2 Å². The molecule has 0 spiro atoms. The van der Waals surface area contributed by atoms with E-state index in [1.807, 2.05) is 12.1 Å². The Labute approximate surface area is 306 Å². The summed E-state index contributed by atoms with van der Waals surface area (Å²) in [6, 6.07) is 12.4. The SMILES string of the molecule is S=C(c1[c-]cco1)N(C1CCCCC1)C1CCCCC1.S=C(c1[c-]cco1)N(C1CCCCC1)C1CCCCC1.[Cl][Pd+].[Cl][Pd+]. The monoisotopic (exact) mass is 862 g/mol. The molecular formula is C34H48Cl2N2O2Pd2S2. The van der Waals surface area contributed by atoms with Crippen molar-refractivity contribution in [1.82, 2.24) is 9.80 Å². The third kappa shape index (κ3) is 11.7. The number of thiocarbonyl (C=S) groups is 2. The van der Waals surface area contributed by atoms with Crippen molar-refractivity contribution in [2.45, 2.75) is 153 Å². The van der Waals surface area contributed by atoms with Crippen LogP contribution in [0.2, 0.25) is 0 Å². The Hall–Kier alpha value is 0.245. The maximum absolute atomic E-state index is 5.76. The second kappa shape index (κ2) is 22.7. The standard InChI is InChI=1S/2C17H24NOS.2ClH.2Pd/c2*20-17(16-12-7-13-19-16)18(14-8-3-1-4-9-14)15-10-5-2-6-11-15;;;;/h2*7,13-15H,1-6,8-11H2;2*1H;;/q2*-1;;;2*+2/p-2. The molecule has 4 nitrogen and oxygen atoms in total. The number of rotatable bonds is 6. The van der Waals surface area contributed by atoms with Gasteiger partial charge in [0.1, 0.15) is 0 Å². The van der Waals surface area contributed by atoms with Crippen molar-refractivity contribution >= 4 is 53.5 Å². The molecule has 0 atom stereocenters. The topological polar surface area (TPSA) is 32.8 Å². The summed E-state index contributed by atoms with van der Waals surface area (Å²) in [5, 5.41) is 0. The first-order valence-electron chi connectivity index (χ1n) is 16.5. The molecule has 0 N–H and O–H groups in total. The first-order valence-corrected chi connectivity index (χ1v) is 21.3. The van der Waals surface area contributed by atoms with E-state index in [1.165, 1.54) is 128 Å². The van der Waals surface area contributed by atoms with Gasteiger partial charge < -0.3 is 18.6 Å². The van der Waals surface area contributed by atoms with Gasteiger partial charge in [0.25, 0.3) is 0 Å². The minimum atomic E-state index is 0.623. The van der Waals surface area contributed by atoms with Crippen LogP contribution in [0.15, 0.2) is 33.5 Å². The third-order valence-corrected chi connectivity index (χ3v) is 10.5. The molecule has 0 unspecified atom stereocenters. The Bertz CT molecular complexity index is 902. The molecule has 0 aliphatic heterocycles. The molecule has 252 valence electrons. The van der Waals surface area contributed by atoms with Crippen molar-refractivity contribution in [2.75, 3.05) is 0 Å². The Kier molecular flexibility index (Phi) is 20.0. The van der Waals surface area contributed by atoms with Crippen LogP contribution in [0.3, 0.4) is 0 Å². The van der Waals surface area contributed by atoms with Crippen LogP contribution in [0.1, 0.15) is 140 Å². The molecule has 10 heteroatoms. The predicted molar refractivity (Wildman–Crippen MR) is 181 cm³/mol. The Morgan fingerprint density at radius 3 is 0.977 bits per heavy atom. The average molecular weight is 865 g/mol. The van der Waals surface area contributed by atoms with Crippen LogP contribution in [0.4, 0.5) is 0 Å². The molecule has 0 radical (unpaired) electrons. The second-order valence-corrected chi connectivity index (χ2v) is 13.2. The number of nitrogens with zero attached hydrogens (tertiary/aromatic N) is 2. The van der Waals surface area contributed by atoms with E-state index in [0.717, 1.165) is 21.5 Å². The van der Waals surface area contributed by atoms with Crippen molar-refractivity contribution in [3.8, 4) is 0 Å². The summed E-state index contributed by atoms with van der Waals surface area (Å²) in [5.74, 6) is 1.52. The van der Waals surface area contributed by atoms with E-state index in [4.69, 9.17) is 33.3 Å². The van der Waals surface area contributed by atoms with E-state index in [2.05, 4.69) is 77.4 Å². The van der Waals surface area contributed by atoms with Crippen LogP contribution < -0.4 is 0 Å². The van der Waals surface area contributed by atoms with E-state index in [-0.39, 0.29) is 0 Å². The average Bonchev–Trinajstić information content (AvgIpc) is 3.85. The Morgan fingerprint density at radius 1 is 0.523 bits per heavy atom. The summed E-state index contributed by atoms with van der Waals surface area (Å²) >= 11 is 16.0. The number of hydrogen-bond donors (Lipinski definition) is 0. The zero-order chi connectivity index (χ0) is 31.6. The van der Waals surface area contributed by atoms with Crippen molar-refractivity contribution in [3.05, 3.63) is 48.3 Å². The van der Waals surface area contributed by atoms with Gasteiger partial charge in [-0.15, -0.1) is 48.7 Å². The molecule has 44 heavy (non-hydrogen) atoms. The normalized spacial score (nSPS) is 20.1. The van der Waals surface area contributed by atoms with Crippen LogP contribution in [-0.4, -0.2) is 43.9 Å². The fourth-order valence-corrected chi connectivity index (χ4v) is 8.46. The van der Waals surface area contributed by atoms with Crippen molar-refractivity contribution in [2.24, 2.45) is 0 Å². The molecular weight excluding hydrogens is 816 g/mol. The first-order chi connectivity index (χ1) is 21.7. The van der Waals surface area contributed by atoms with Gasteiger partial charge in [0, 0.05) is 45.7 Å². The van der Waals surface area contributed by atoms with Gasteiger partial charge in [-0.2, -0.15) is 0 Å². The van der Waals surface area contributed by atoms with E-state index >= 15 is 0 Å². The summed E-state index contributed by atoms with van der Waals surface area (Å²) in [7, 11) is 8.98. The fraction of sp³-hybridized carbons (Fsp3) is 0.706. The summed E-state index contributed by atoms with van der Waals surface area (Å²) in [5.41, 5.74) is 0. The van der Waals surface area contributed by atoms with Crippen molar-refractivity contribution < 1.29 is 45.2 Å². The summed E-state index contributed by atoms with van der Waals surface area (Å²) < 4.78 is 11.0. The fourth-order valence-electron chi connectivity index (χ4n) is 7.65. The number of furan rings is 2. The van der Waals surface area contributed by atoms with Gasteiger partial charge in [0.05, 0.1) is 0 Å². The Morgan fingerprint density at radius 2 is 0.773 bits per heavy atom. The number of halogens is 2. The minimum absolute atomic E-state index is 0.623. The molecule has 0 bridgehead atoms. The van der Waals surface area contributed by atoms with Gasteiger partial charge in [-0.3, -0.25) is 0 Å². The van der Waals surface area contributed by atoms with Gasteiger partial charge in [-0.25, -0.2) is 0 Å². The van der Waals surface area contributed by atoms with E-state index < -0.39 is 0 Å². The number of hydrogen-bond acceptors (Lipinski definition) is 4. The van der Waals surface area contributed by atoms with Gasteiger partial charge in [0.15, 0.2) is 0 Å². The van der Waals surface area contributed by atoms with Crippen LogP contribution >= 0.6 is 43.5 Å². The molecule has 2 aromatic rings. The zero-order valence-corrected chi connectivity index (χ0v) is 31.9. The van der Waals surface area contributed by atoms with Gasteiger partial charge in [-0.1, -0.05) is 77.0 Å². The third-order valence-electron chi connectivity index (χ3n) is 9.67. The predicted octanol–water partition coefficient (Wildman–Crippen LogP) is 10.8. The molecule has 4 aliphatic rings. The van der Waals surface area contributed by atoms with Crippen LogP contribution in [0.5, 0.6) is 0 Å². The van der Waals surface area contributed by atoms with Gasteiger partial charge in [0.2, 0.25) is 0 Å². The quantitative estimate of drug-likeness (QED) is 0.163. The van der Waals surface area contributed by atoms with E-state index in [1.54, 1.807) is 12.5 Å². The molecule has 0 saturated heterocycles. The maximum atomic E-state index is 5.76. The second-order valence-electron chi connectivity index (χ2n) is 12.4. The molecule has 0 aromatic carbocycles. The molecule has 6 rings (SSSR count). The summed E-state index contributed by atoms with van der Waals surface area (Å²) in [4.78, 5) is 6.86. The van der Waals surface area contributed by atoms with Crippen LogP contribution in [0, 0.1) is 12.1 Å². The van der Waals surface area contributed by atoms with Gasteiger partial charge >= 0.3 is 55.4 Å². The van der Waals surface area contributed by atoms with E-state index in [9.17, 15) is 0 Å². The zero-order valence-electron chi connectivity index (χ0n) is 25.7. The van der Waals surface area contributed by atoms with Gasteiger partial charge in [-0.05, 0) is 63.9 Å². The van der Waals surface area contributed by atoms with Crippen LogP contribution in [0.25, 0.3) is 0 Å². The summed E-state index contributed by atoms with van der Waals surface area (Å²) in [6.45, 7) is 0. The molecule has 2 heterocycles. The molecule has 4 saturated carbocycles. The van der Waals surface area contributed by atoms with Crippen molar-refractivity contribution in [1.29, 1.82) is 0 Å². The summed E-state index contributed by atoms with van der Waals surface area (Å²) in [6.07, 6.45) is 30.0. The van der Waals surface area contributed by atoms with Crippen LogP contribution in [-0.2, 0) is 36.4 Å². The Balaban J connectivity index is 0.000000216.